The predicted molar refractivity (Wildman–Crippen MR) is 109 cm³/mol. The van der Waals surface area contributed by atoms with E-state index in [2.05, 4.69) is 23.5 Å². The summed E-state index contributed by atoms with van der Waals surface area (Å²) >= 11 is 0. The molecule has 0 fully saturated rings. The molecule has 4 nitrogen and oxygen atoms in total. The van der Waals surface area contributed by atoms with Crippen LogP contribution in [0.3, 0.4) is 0 Å². The summed E-state index contributed by atoms with van der Waals surface area (Å²) in [6.07, 6.45) is 7.23. The third-order valence-corrected chi connectivity index (χ3v) is 5.28. The molecule has 0 saturated carbocycles. The molecular formula is C22H22N4. The molecule has 0 unspecified atom stereocenters. The van der Waals surface area contributed by atoms with Gasteiger partial charge in [0.15, 0.2) is 0 Å². The van der Waals surface area contributed by atoms with Gasteiger partial charge in [-0.3, -0.25) is 0 Å². The molecule has 1 aromatic heterocycles. The molecule has 0 bridgehead atoms. The van der Waals surface area contributed by atoms with Crippen LogP contribution in [-0.2, 0) is 12.8 Å². The Hall–Kier alpha value is -3.01. The molecule has 3 N–H and O–H groups in total. The van der Waals surface area contributed by atoms with E-state index in [9.17, 15) is 0 Å². The van der Waals surface area contributed by atoms with Gasteiger partial charge in [-0.2, -0.15) is 0 Å². The van der Waals surface area contributed by atoms with E-state index in [-0.39, 0.29) is 0 Å². The number of nitrogens with zero attached hydrogens (tertiary/aromatic N) is 1. The van der Waals surface area contributed by atoms with E-state index in [0.717, 1.165) is 51.8 Å². The first-order valence-corrected chi connectivity index (χ1v) is 9.04. The molecule has 2 aromatic carbocycles. The molecule has 0 atom stereocenters. The molecule has 1 aliphatic rings. The molecule has 0 spiro atoms. The number of fused-ring (bicyclic) bond motifs is 3. The van der Waals surface area contributed by atoms with Crippen LogP contribution >= 0.6 is 0 Å². The van der Waals surface area contributed by atoms with E-state index in [4.69, 9.17) is 15.8 Å². The Balaban J connectivity index is 2.03. The fraction of sp³-hybridized carbons (Fsp3) is 0.227. The average Bonchev–Trinajstić information content (AvgIpc) is 2.72. The maximum atomic E-state index is 7.94. The Morgan fingerprint density at radius 1 is 0.923 bits per heavy atom. The molecule has 1 aliphatic carbocycles. The number of benzene rings is 2. The third kappa shape index (κ3) is 2.58. The summed E-state index contributed by atoms with van der Waals surface area (Å²) in [5.74, 6) is 0. The average molecular weight is 342 g/mol. The van der Waals surface area contributed by atoms with Gasteiger partial charge >= 0.3 is 0 Å². The Kier molecular flexibility index (Phi) is 4.25. The number of pyridine rings is 1. The molecular weight excluding hydrogens is 320 g/mol. The summed E-state index contributed by atoms with van der Waals surface area (Å²) in [6, 6.07) is 12.1. The molecule has 26 heavy (non-hydrogen) atoms. The monoisotopic (exact) mass is 342 g/mol. The highest BCUT2D eigenvalue weighted by Gasteiger charge is 2.21. The van der Waals surface area contributed by atoms with Gasteiger partial charge in [-0.15, -0.1) is 0 Å². The minimum absolute atomic E-state index is 0.896. The Bertz CT molecular complexity index is 1000. The van der Waals surface area contributed by atoms with Crippen LogP contribution in [0.5, 0.6) is 0 Å². The first kappa shape index (κ1) is 16.5. The van der Waals surface area contributed by atoms with Gasteiger partial charge < -0.3 is 16.1 Å². The minimum Gasteiger partial charge on any atom is -0.388 e. The van der Waals surface area contributed by atoms with Crippen LogP contribution in [0.4, 0.5) is 5.69 Å². The van der Waals surface area contributed by atoms with Crippen LogP contribution in [0.25, 0.3) is 22.2 Å². The first-order valence-electron chi connectivity index (χ1n) is 9.04. The fourth-order valence-corrected chi connectivity index (χ4v) is 3.99. The van der Waals surface area contributed by atoms with Crippen molar-refractivity contribution in [1.82, 2.24) is 4.98 Å². The van der Waals surface area contributed by atoms with Crippen LogP contribution in [0.1, 0.15) is 35.1 Å². The largest absolute Gasteiger partial charge is 0.388 e. The molecule has 0 aliphatic heterocycles. The van der Waals surface area contributed by atoms with E-state index >= 15 is 0 Å². The lowest BCUT2D eigenvalue weighted by atomic mass is 9.84. The van der Waals surface area contributed by atoms with Crippen LogP contribution in [0.15, 0.2) is 36.4 Å². The highest BCUT2D eigenvalue weighted by atomic mass is 14.8. The maximum absolute atomic E-state index is 7.94. The lowest BCUT2D eigenvalue weighted by molar-refractivity contribution is 0.689. The Morgan fingerprint density at radius 2 is 1.65 bits per heavy atom. The quantitative estimate of drug-likeness (QED) is 0.595. The van der Waals surface area contributed by atoms with Crippen molar-refractivity contribution in [2.75, 3.05) is 12.4 Å². The van der Waals surface area contributed by atoms with Crippen molar-refractivity contribution >= 4 is 29.0 Å². The number of hydrogen-bond donors (Lipinski definition) is 3. The van der Waals surface area contributed by atoms with Crippen molar-refractivity contribution in [2.24, 2.45) is 0 Å². The Labute approximate surface area is 153 Å². The predicted octanol–water partition coefficient (Wildman–Crippen LogP) is 4.82. The number of anilines is 1. The van der Waals surface area contributed by atoms with Crippen LogP contribution in [0.2, 0.25) is 0 Å². The molecule has 0 radical (unpaired) electrons. The smallest absolute Gasteiger partial charge is 0.0744 e. The second kappa shape index (κ2) is 6.71. The van der Waals surface area contributed by atoms with Gasteiger partial charge in [0.2, 0.25) is 0 Å². The zero-order valence-electron chi connectivity index (χ0n) is 14.9. The normalized spacial score (nSPS) is 13.3. The van der Waals surface area contributed by atoms with Gasteiger partial charge in [0, 0.05) is 41.7 Å². The van der Waals surface area contributed by atoms with Crippen LogP contribution in [-0.4, -0.2) is 24.5 Å². The number of rotatable bonds is 4. The van der Waals surface area contributed by atoms with E-state index in [1.165, 1.54) is 36.4 Å². The van der Waals surface area contributed by atoms with Crippen molar-refractivity contribution in [3.05, 3.63) is 58.7 Å². The molecule has 4 heteroatoms. The van der Waals surface area contributed by atoms with E-state index in [0.29, 0.717) is 0 Å². The van der Waals surface area contributed by atoms with Gasteiger partial charge in [-0.25, -0.2) is 4.98 Å². The molecule has 130 valence electrons. The van der Waals surface area contributed by atoms with Gasteiger partial charge in [-0.1, -0.05) is 24.3 Å². The summed E-state index contributed by atoms with van der Waals surface area (Å²) < 4.78 is 0. The summed E-state index contributed by atoms with van der Waals surface area (Å²) in [4.78, 5) is 5.01. The van der Waals surface area contributed by atoms with Crippen LogP contribution in [0, 0.1) is 10.8 Å². The van der Waals surface area contributed by atoms with Crippen molar-refractivity contribution in [3.63, 3.8) is 0 Å². The summed E-state index contributed by atoms with van der Waals surface area (Å²) in [5, 5.41) is 19.7. The van der Waals surface area contributed by atoms with Gasteiger partial charge in [0.05, 0.1) is 11.2 Å². The van der Waals surface area contributed by atoms with Crippen molar-refractivity contribution in [1.29, 1.82) is 10.8 Å². The van der Waals surface area contributed by atoms with E-state index in [1.807, 2.05) is 25.2 Å². The third-order valence-electron chi connectivity index (χ3n) is 5.28. The van der Waals surface area contributed by atoms with Gasteiger partial charge in [0.1, 0.15) is 0 Å². The van der Waals surface area contributed by atoms with Crippen molar-refractivity contribution in [3.8, 4) is 11.3 Å². The highest BCUT2D eigenvalue weighted by molar-refractivity contribution is 6.05. The lowest BCUT2D eigenvalue weighted by Gasteiger charge is -2.23. The van der Waals surface area contributed by atoms with Crippen LogP contribution < -0.4 is 5.32 Å². The molecule has 1 heterocycles. The molecule has 3 aromatic rings. The second-order valence-electron chi connectivity index (χ2n) is 6.71. The first-order chi connectivity index (χ1) is 12.8. The SMILES string of the molecule is CNc1ccc2nc(-c3ccc(C=N)cc3)c3c(c2c1C=N)CCCC3. The van der Waals surface area contributed by atoms with Crippen molar-refractivity contribution < 1.29 is 0 Å². The molecule has 0 amide bonds. The maximum Gasteiger partial charge on any atom is 0.0744 e. The van der Waals surface area contributed by atoms with Gasteiger partial charge in [0.25, 0.3) is 0 Å². The second-order valence-corrected chi connectivity index (χ2v) is 6.71. The number of aryl methyl sites for hydroxylation is 1. The summed E-state index contributed by atoms with van der Waals surface area (Å²) in [7, 11) is 1.90. The Morgan fingerprint density at radius 3 is 2.31 bits per heavy atom. The topological polar surface area (TPSA) is 72.6 Å². The van der Waals surface area contributed by atoms with E-state index in [1.54, 1.807) is 0 Å². The fourth-order valence-electron chi connectivity index (χ4n) is 3.99. The zero-order chi connectivity index (χ0) is 18.1. The van der Waals surface area contributed by atoms with Crippen molar-refractivity contribution in [2.45, 2.75) is 25.7 Å². The lowest BCUT2D eigenvalue weighted by Crippen LogP contribution is -2.09. The number of hydrogen-bond acceptors (Lipinski definition) is 4. The number of aromatic nitrogens is 1. The number of nitrogens with one attached hydrogen (secondary N) is 3. The summed E-state index contributed by atoms with van der Waals surface area (Å²) in [6.45, 7) is 0. The zero-order valence-corrected chi connectivity index (χ0v) is 14.9. The van der Waals surface area contributed by atoms with E-state index < -0.39 is 0 Å². The van der Waals surface area contributed by atoms with Gasteiger partial charge in [-0.05, 0) is 54.5 Å². The molecule has 4 rings (SSSR count). The highest BCUT2D eigenvalue weighted by Crippen LogP contribution is 2.37. The minimum atomic E-state index is 0.896. The standard InChI is InChI=1S/C22H22N4/c1-25-19-10-11-20-21(18(19)13-24)16-4-2-3-5-17(16)22(26-20)15-8-6-14(12-23)7-9-15/h6-13,23-25H,2-5H2,1H3. The molecule has 0 saturated heterocycles. The summed E-state index contributed by atoms with van der Waals surface area (Å²) in [5.41, 5.74) is 8.58.